The first-order chi connectivity index (χ1) is 10.1. The van der Waals surface area contributed by atoms with Crippen molar-refractivity contribution in [2.45, 2.75) is 12.6 Å². The van der Waals surface area contributed by atoms with Crippen molar-refractivity contribution in [1.82, 2.24) is 10.2 Å². The quantitative estimate of drug-likeness (QED) is 0.851. The highest BCUT2D eigenvalue weighted by molar-refractivity contribution is 6.31. The lowest BCUT2D eigenvalue weighted by atomic mass is 10.1. The molecule has 0 saturated carbocycles. The van der Waals surface area contributed by atoms with Crippen LogP contribution < -0.4 is 10.1 Å². The minimum absolute atomic E-state index is 0.175. The van der Waals surface area contributed by atoms with Gasteiger partial charge in [-0.2, -0.15) is 0 Å². The molecule has 1 N–H and O–H groups in total. The molecule has 2 rings (SSSR count). The third-order valence-corrected chi connectivity index (χ3v) is 3.78. The van der Waals surface area contributed by atoms with Crippen molar-refractivity contribution in [1.29, 1.82) is 0 Å². The molecule has 0 amide bonds. The average Bonchev–Trinajstić information content (AvgIpc) is 2.98. The molecule has 114 valence electrons. The Balaban J connectivity index is 2.00. The van der Waals surface area contributed by atoms with Gasteiger partial charge in [0.1, 0.15) is 11.5 Å². The highest BCUT2D eigenvalue weighted by atomic mass is 35.5. The van der Waals surface area contributed by atoms with Gasteiger partial charge in [0.2, 0.25) is 0 Å². The van der Waals surface area contributed by atoms with Crippen LogP contribution in [0.4, 0.5) is 0 Å². The summed E-state index contributed by atoms with van der Waals surface area (Å²) < 4.78 is 10.8. The number of benzene rings is 1. The standard InChI is InChI=1S/C16H21ClN2O2/c1-19(2)14(16-8-5-9-21-16)11-18-10-12-13(17)6-4-7-15(12)20-3/h4-9,14,18H,10-11H2,1-3H3. The molecule has 0 aliphatic rings. The molecule has 0 aliphatic carbocycles. The number of likely N-dealkylation sites (N-methyl/N-ethyl adjacent to an activating group) is 1. The van der Waals surface area contributed by atoms with Crippen molar-refractivity contribution in [3.05, 3.63) is 52.9 Å². The third-order valence-electron chi connectivity index (χ3n) is 3.43. The van der Waals surface area contributed by atoms with Crippen molar-refractivity contribution >= 4 is 11.6 Å². The number of methoxy groups -OCH3 is 1. The Morgan fingerprint density at radius 2 is 2.10 bits per heavy atom. The van der Waals surface area contributed by atoms with Gasteiger partial charge < -0.3 is 14.5 Å². The van der Waals surface area contributed by atoms with Gasteiger partial charge in [-0.1, -0.05) is 17.7 Å². The lowest BCUT2D eigenvalue weighted by Gasteiger charge is -2.23. The Bertz CT molecular complexity index is 555. The Kier molecular flexibility index (Phi) is 5.67. The summed E-state index contributed by atoms with van der Waals surface area (Å²) in [7, 11) is 5.72. The summed E-state index contributed by atoms with van der Waals surface area (Å²) in [6.07, 6.45) is 1.70. The number of hydrogen-bond acceptors (Lipinski definition) is 4. The van der Waals surface area contributed by atoms with Gasteiger partial charge in [0, 0.05) is 23.7 Å². The fourth-order valence-corrected chi connectivity index (χ4v) is 2.49. The van der Waals surface area contributed by atoms with Crippen LogP contribution in [0.25, 0.3) is 0 Å². The Labute approximate surface area is 130 Å². The SMILES string of the molecule is COc1cccc(Cl)c1CNCC(c1ccco1)N(C)C. The summed E-state index contributed by atoms with van der Waals surface area (Å²) in [5.41, 5.74) is 0.971. The van der Waals surface area contributed by atoms with Gasteiger partial charge in [0.05, 0.1) is 19.4 Å². The fourth-order valence-electron chi connectivity index (χ4n) is 2.25. The van der Waals surface area contributed by atoms with Gasteiger partial charge in [-0.05, 0) is 38.4 Å². The van der Waals surface area contributed by atoms with Gasteiger partial charge in [0.25, 0.3) is 0 Å². The summed E-state index contributed by atoms with van der Waals surface area (Å²) >= 11 is 6.24. The van der Waals surface area contributed by atoms with Gasteiger partial charge in [-0.15, -0.1) is 0 Å². The maximum atomic E-state index is 6.24. The second-order valence-electron chi connectivity index (χ2n) is 5.05. The zero-order chi connectivity index (χ0) is 15.2. The fraction of sp³-hybridized carbons (Fsp3) is 0.375. The highest BCUT2D eigenvalue weighted by Gasteiger charge is 2.17. The van der Waals surface area contributed by atoms with E-state index in [-0.39, 0.29) is 6.04 Å². The maximum absolute atomic E-state index is 6.24. The van der Waals surface area contributed by atoms with E-state index in [0.717, 1.165) is 23.6 Å². The highest BCUT2D eigenvalue weighted by Crippen LogP contribution is 2.26. The zero-order valence-electron chi connectivity index (χ0n) is 12.6. The van der Waals surface area contributed by atoms with E-state index in [9.17, 15) is 0 Å². The first-order valence-corrected chi connectivity index (χ1v) is 7.23. The van der Waals surface area contributed by atoms with Crippen LogP contribution >= 0.6 is 11.6 Å². The molecular weight excluding hydrogens is 288 g/mol. The average molecular weight is 309 g/mol. The van der Waals surface area contributed by atoms with Crippen molar-refractivity contribution < 1.29 is 9.15 Å². The molecule has 1 aromatic heterocycles. The molecule has 1 heterocycles. The van der Waals surface area contributed by atoms with Crippen molar-refractivity contribution in [3.63, 3.8) is 0 Å². The predicted molar refractivity (Wildman–Crippen MR) is 84.8 cm³/mol. The van der Waals surface area contributed by atoms with Crippen LogP contribution in [0.1, 0.15) is 17.4 Å². The van der Waals surface area contributed by atoms with Crippen LogP contribution in [-0.4, -0.2) is 32.6 Å². The normalized spacial score (nSPS) is 12.6. The van der Waals surface area contributed by atoms with Gasteiger partial charge in [-0.25, -0.2) is 0 Å². The van der Waals surface area contributed by atoms with Crippen LogP contribution in [0, 0.1) is 0 Å². The molecule has 0 spiro atoms. The van der Waals surface area contributed by atoms with E-state index in [4.69, 9.17) is 20.8 Å². The Morgan fingerprint density at radius 1 is 1.29 bits per heavy atom. The molecule has 0 saturated heterocycles. The summed E-state index contributed by atoms with van der Waals surface area (Å²) in [4.78, 5) is 2.12. The molecule has 0 bridgehead atoms. The first-order valence-electron chi connectivity index (χ1n) is 6.85. The summed E-state index contributed by atoms with van der Waals surface area (Å²) in [6.45, 7) is 1.41. The molecule has 5 heteroatoms. The second kappa shape index (κ2) is 7.50. The lowest BCUT2D eigenvalue weighted by molar-refractivity contribution is 0.250. The van der Waals surface area contributed by atoms with Gasteiger partial charge in [-0.3, -0.25) is 4.90 Å². The maximum Gasteiger partial charge on any atom is 0.124 e. The molecule has 1 unspecified atom stereocenters. The molecule has 4 nitrogen and oxygen atoms in total. The van der Waals surface area contributed by atoms with E-state index < -0.39 is 0 Å². The molecule has 1 atom stereocenters. The van der Waals surface area contributed by atoms with Crippen LogP contribution in [-0.2, 0) is 6.54 Å². The van der Waals surface area contributed by atoms with E-state index in [1.54, 1.807) is 13.4 Å². The van der Waals surface area contributed by atoms with Crippen LogP contribution in [0.15, 0.2) is 41.0 Å². The van der Waals surface area contributed by atoms with E-state index in [0.29, 0.717) is 11.6 Å². The monoisotopic (exact) mass is 308 g/mol. The van der Waals surface area contributed by atoms with Crippen LogP contribution in [0.3, 0.4) is 0 Å². The van der Waals surface area contributed by atoms with Crippen molar-refractivity contribution in [2.75, 3.05) is 27.7 Å². The number of ether oxygens (including phenoxy) is 1. The number of nitrogens with one attached hydrogen (secondary N) is 1. The Morgan fingerprint density at radius 3 is 2.71 bits per heavy atom. The number of hydrogen-bond donors (Lipinski definition) is 1. The van der Waals surface area contributed by atoms with Crippen molar-refractivity contribution in [2.24, 2.45) is 0 Å². The second-order valence-corrected chi connectivity index (χ2v) is 5.45. The van der Waals surface area contributed by atoms with E-state index in [1.807, 2.05) is 44.4 Å². The van der Waals surface area contributed by atoms with E-state index >= 15 is 0 Å². The number of furan rings is 1. The minimum Gasteiger partial charge on any atom is -0.496 e. The first kappa shape index (κ1) is 15.9. The van der Waals surface area contributed by atoms with Crippen LogP contribution in [0.2, 0.25) is 5.02 Å². The third kappa shape index (κ3) is 4.00. The van der Waals surface area contributed by atoms with Gasteiger partial charge >= 0.3 is 0 Å². The molecule has 21 heavy (non-hydrogen) atoms. The number of halogens is 1. The summed E-state index contributed by atoms with van der Waals surface area (Å²) in [6, 6.07) is 9.74. The lowest BCUT2D eigenvalue weighted by Crippen LogP contribution is -2.30. The molecule has 0 radical (unpaired) electrons. The van der Waals surface area contributed by atoms with E-state index in [2.05, 4.69) is 10.2 Å². The molecule has 1 aromatic carbocycles. The van der Waals surface area contributed by atoms with E-state index in [1.165, 1.54) is 0 Å². The molecular formula is C16H21ClN2O2. The molecule has 2 aromatic rings. The zero-order valence-corrected chi connectivity index (χ0v) is 13.4. The number of rotatable bonds is 7. The van der Waals surface area contributed by atoms with Crippen molar-refractivity contribution in [3.8, 4) is 5.75 Å². The topological polar surface area (TPSA) is 37.6 Å². The molecule has 0 aliphatic heterocycles. The Hall–Kier alpha value is -1.49. The summed E-state index contributed by atoms with van der Waals surface area (Å²) in [5, 5.41) is 4.13. The van der Waals surface area contributed by atoms with Gasteiger partial charge in [0.15, 0.2) is 0 Å². The largest absolute Gasteiger partial charge is 0.496 e. The van der Waals surface area contributed by atoms with Crippen LogP contribution in [0.5, 0.6) is 5.75 Å². The summed E-state index contributed by atoms with van der Waals surface area (Å²) in [5.74, 6) is 1.74. The smallest absolute Gasteiger partial charge is 0.124 e. The minimum atomic E-state index is 0.175. The molecule has 0 fully saturated rings. The number of nitrogens with zero attached hydrogens (tertiary/aromatic N) is 1. The predicted octanol–water partition coefficient (Wildman–Crippen LogP) is 3.33.